The molecule has 2 rings (SSSR count). The number of hydrogen-bond donors (Lipinski definition) is 2. The lowest BCUT2D eigenvalue weighted by Gasteiger charge is -2.12. The van der Waals surface area contributed by atoms with Gasteiger partial charge in [-0.15, -0.1) is 0 Å². The Bertz CT molecular complexity index is 641. The molecule has 6 heteroatoms. The molecule has 3 nitrogen and oxygen atoms in total. The van der Waals surface area contributed by atoms with Crippen molar-refractivity contribution < 1.29 is 9.18 Å². The number of carbonyl (C=O) groups is 1. The minimum absolute atomic E-state index is 0.174. The number of halogens is 3. The van der Waals surface area contributed by atoms with Crippen LogP contribution in [0.4, 0.5) is 15.8 Å². The van der Waals surface area contributed by atoms with E-state index in [1.54, 1.807) is 13.1 Å². The van der Waals surface area contributed by atoms with E-state index >= 15 is 0 Å². The molecule has 0 heterocycles. The zero-order chi connectivity index (χ0) is 14.7. The van der Waals surface area contributed by atoms with E-state index < -0.39 is 5.82 Å². The highest BCUT2D eigenvalue weighted by Crippen LogP contribution is 2.31. The molecule has 0 aliphatic heterocycles. The van der Waals surface area contributed by atoms with E-state index in [0.717, 1.165) is 8.95 Å². The number of para-hydroxylation sites is 2. The first kappa shape index (κ1) is 15.0. The molecule has 0 fully saturated rings. The molecule has 0 bridgehead atoms. The van der Waals surface area contributed by atoms with Crippen molar-refractivity contribution in [2.75, 3.05) is 17.7 Å². The van der Waals surface area contributed by atoms with Crippen molar-refractivity contribution in [3.8, 4) is 0 Å². The number of rotatable bonds is 3. The zero-order valence-electron chi connectivity index (χ0n) is 10.5. The van der Waals surface area contributed by atoms with E-state index in [1.807, 2.05) is 18.2 Å². The number of amides is 1. The molecule has 0 atom stereocenters. The quantitative estimate of drug-likeness (QED) is 0.786. The highest BCUT2D eigenvalue weighted by molar-refractivity contribution is 9.11. The Morgan fingerprint density at radius 1 is 1.05 bits per heavy atom. The number of hydrogen-bond acceptors (Lipinski definition) is 2. The maximum absolute atomic E-state index is 13.6. The standard InChI is InChI=1S/C14H11Br2FN2O/c1-18-12-8(4-2-7-11(12)17)14(20)19-13-9(15)5-3-6-10(13)16/h2-7,18H,1H3,(H,19,20). The summed E-state index contributed by atoms with van der Waals surface area (Å²) in [5.41, 5.74) is 1.02. The molecular formula is C14H11Br2FN2O. The fraction of sp³-hybridized carbons (Fsp3) is 0.0714. The topological polar surface area (TPSA) is 41.1 Å². The SMILES string of the molecule is CNc1c(F)cccc1C(=O)Nc1c(Br)cccc1Br. The average Bonchev–Trinajstić information content (AvgIpc) is 2.42. The van der Waals surface area contributed by atoms with Gasteiger partial charge in [0.25, 0.3) is 5.91 Å². The Hall–Kier alpha value is -1.40. The van der Waals surface area contributed by atoms with Crippen molar-refractivity contribution in [2.24, 2.45) is 0 Å². The van der Waals surface area contributed by atoms with E-state index in [9.17, 15) is 9.18 Å². The van der Waals surface area contributed by atoms with Crippen molar-refractivity contribution in [1.82, 2.24) is 0 Å². The lowest BCUT2D eigenvalue weighted by Crippen LogP contribution is -2.15. The molecule has 1 amide bonds. The molecule has 0 saturated heterocycles. The zero-order valence-corrected chi connectivity index (χ0v) is 13.7. The van der Waals surface area contributed by atoms with Gasteiger partial charge in [-0.3, -0.25) is 4.79 Å². The summed E-state index contributed by atoms with van der Waals surface area (Å²) in [7, 11) is 1.57. The summed E-state index contributed by atoms with van der Waals surface area (Å²) in [4.78, 5) is 12.3. The molecule has 2 aromatic rings. The van der Waals surface area contributed by atoms with Crippen LogP contribution in [0.3, 0.4) is 0 Å². The van der Waals surface area contributed by atoms with Gasteiger partial charge in [0.1, 0.15) is 5.82 Å². The van der Waals surface area contributed by atoms with Crippen LogP contribution < -0.4 is 10.6 Å². The van der Waals surface area contributed by atoms with Crippen molar-refractivity contribution in [2.45, 2.75) is 0 Å². The van der Waals surface area contributed by atoms with Gasteiger partial charge in [0, 0.05) is 16.0 Å². The van der Waals surface area contributed by atoms with Crippen LogP contribution in [0, 0.1) is 5.82 Å². The van der Waals surface area contributed by atoms with E-state index in [0.29, 0.717) is 5.69 Å². The molecule has 0 radical (unpaired) electrons. The lowest BCUT2D eigenvalue weighted by atomic mass is 10.1. The van der Waals surface area contributed by atoms with Gasteiger partial charge in [-0.05, 0) is 56.1 Å². The van der Waals surface area contributed by atoms with Crippen LogP contribution in [0.25, 0.3) is 0 Å². The Balaban J connectivity index is 2.36. The van der Waals surface area contributed by atoms with Gasteiger partial charge >= 0.3 is 0 Å². The van der Waals surface area contributed by atoms with Crippen LogP contribution in [-0.4, -0.2) is 13.0 Å². The third kappa shape index (κ3) is 3.02. The van der Waals surface area contributed by atoms with Gasteiger partial charge in [0.2, 0.25) is 0 Å². The van der Waals surface area contributed by atoms with E-state index in [4.69, 9.17) is 0 Å². The van der Waals surface area contributed by atoms with Crippen LogP contribution >= 0.6 is 31.9 Å². The molecule has 0 saturated carbocycles. The Morgan fingerprint density at radius 2 is 1.65 bits per heavy atom. The van der Waals surface area contributed by atoms with Gasteiger partial charge in [-0.25, -0.2) is 4.39 Å². The van der Waals surface area contributed by atoms with Gasteiger partial charge < -0.3 is 10.6 Å². The van der Waals surface area contributed by atoms with E-state index in [2.05, 4.69) is 42.5 Å². The molecule has 0 unspecified atom stereocenters. The Kier molecular flexibility index (Phi) is 4.77. The second-order valence-corrected chi connectivity index (χ2v) is 5.67. The lowest BCUT2D eigenvalue weighted by molar-refractivity contribution is 0.102. The fourth-order valence-electron chi connectivity index (χ4n) is 1.77. The molecule has 2 N–H and O–H groups in total. The number of nitrogens with one attached hydrogen (secondary N) is 2. The first-order valence-corrected chi connectivity index (χ1v) is 7.35. The smallest absolute Gasteiger partial charge is 0.257 e. The summed E-state index contributed by atoms with van der Waals surface area (Å²) in [6.45, 7) is 0. The van der Waals surface area contributed by atoms with E-state index in [-0.39, 0.29) is 17.2 Å². The maximum Gasteiger partial charge on any atom is 0.257 e. The van der Waals surface area contributed by atoms with Crippen LogP contribution in [0.15, 0.2) is 45.3 Å². The summed E-state index contributed by atoms with van der Waals surface area (Å²) in [6.07, 6.45) is 0. The van der Waals surface area contributed by atoms with Crippen LogP contribution in [0.5, 0.6) is 0 Å². The average molecular weight is 402 g/mol. The molecule has 0 aliphatic carbocycles. The van der Waals surface area contributed by atoms with Crippen LogP contribution in [0.1, 0.15) is 10.4 Å². The van der Waals surface area contributed by atoms with Crippen molar-refractivity contribution in [3.63, 3.8) is 0 Å². The largest absolute Gasteiger partial charge is 0.385 e. The van der Waals surface area contributed by atoms with Crippen molar-refractivity contribution in [1.29, 1.82) is 0 Å². The molecule has 104 valence electrons. The van der Waals surface area contributed by atoms with Crippen molar-refractivity contribution in [3.05, 3.63) is 56.7 Å². The minimum atomic E-state index is -0.466. The van der Waals surface area contributed by atoms with Gasteiger partial charge in [0.15, 0.2) is 0 Å². The number of benzene rings is 2. The second-order valence-electron chi connectivity index (χ2n) is 3.96. The first-order valence-electron chi connectivity index (χ1n) is 5.76. The van der Waals surface area contributed by atoms with Gasteiger partial charge in [-0.2, -0.15) is 0 Å². The molecule has 0 spiro atoms. The Labute approximate surface area is 132 Å². The summed E-state index contributed by atoms with van der Waals surface area (Å²) in [5.74, 6) is -0.854. The molecule has 0 aromatic heterocycles. The second kappa shape index (κ2) is 6.37. The highest BCUT2D eigenvalue weighted by atomic mass is 79.9. The molecular weight excluding hydrogens is 391 g/mol. The third-order valence-corrected chi connectivity index (χ3v) is 4.03. The monoisotopic (exact) mass is 400 g/mol. The highest BCUT2D eigenvalue weighted by Gasteiger charge is 2.16. The fourth-order valence-corrected chi connectivity index (χ4v) is 2.96. The minimum Gasteiger partial charge on any atom is -0.385 e. The molecule has 2 aromatic carbocycles. The summed E-state index contributed by atoms with van der Waals surface area (Å²) < 4.78 is 15.1. The number of carbonyl (C=O) groups excluding carboxylic acids is 1. The summed E-state index contributed by atoms with van der Waals surface area (Å²) >= 11 is 6.73. The first-order chi connectivity index (χ1) is 9.54. The molecule has 0 aliphatic rings. The van der Waals surface area contributed by atoms with Crippen LogP contribution in [-0.2, 0) is 0 Å². The van der Waals surface area contributed by atoms with Crippen LogP contribution in [0.2, 0.25) is 0 Å². The normalized spacial score (nSPS) is 10.2. The summed E-state index contributed by atoms with van der Waals surface area (Å²) in [5, 5.41) is 5.46. The summed E-state index contributed by atoms with van der Waals surface area (Å²) in [6, 6.07) is 9.83. The Morgan fingerprint density at radius 3 is 2.25 bits per heavy atom. The van der Waals surface area contributed by atoms with Gasteiger partial charge in [0.05, 0.1) is 16.9 Å². The van der Waals surface area contributed by atoms with E-state index in [1.165, 1.54) is 12.1 Å². The predicted molar refractivity (Wildman–Crippen MR) is 85.7 cm³/mol. The van der Waals surface area contributed by atoms with Gasteiger partial charge in [-0.1, -0.05) is 12.1 Å². The maximum atomic E-state index is 13.6. The van der Waals surface area contributed by atoms with Crippen molar-refractivity contribution >= 4 is 49.1 Å². The number of anilines is 2. The predicted octanol–water partition coefficient (Wildman–Crippen LogP) is 4.64. The molecule has 20 heavy (non-hydrogen) atoms. The third-order valence-electron chi connectivity index (χ3n) is 2.71.